The van der Waals surface area contributed by atoms with Crippen molar-refractivity contribution >= 4 is 40.5 Å². The molecule has 0 saturated carbocycles. The molecule has 3 aromatic rings. The van der Waals surface area contributed by atoms with Crippen LogP contribution in [0.2, 0.25) is 0 Å². The maximum Gasteiger partial charge on any atom is 0.153 e. The number of aryl methyl sites for hydroxylation is 1. The number of hydrogen-bond acceptors (Lipinski definition) is 9. The zero-order chi connectivity index (χ0) is 22.4. The summed E-state index contributed by atoms with van der Waals surface area (Å²) in [6.45, 7) is 3.75. The van der Waals surface area contributed by atoms with Crippen LogP contribution in [0.1, 0.15) is 31.4 Å². The molecule has 3 aromatic heterocycles. The van der Waals surface area contributed by atoms with Crippen molar-refractivity contribution in [1.29, 1.82) is 5.26 Å². The summed E-state index contributed by atoms with van der Waals surface area (Å²) in [4.78, 5) is 9.47. The molecule has 3 fully saturated rings. The molecule has 9 nitrogen and oxygen atoms in total. The van der Waals surface area contributed by atoms with Crippen molar-refractivity contribution in [2.45, 2.75) is 50.7 Å². The number of pyridine rings is 2. The number of fused-ring (bicyclic) bond motifs is 3. The minimum Gasteiger partial charge on any atom is -0.367 e. The van der Waals surface area contributed by atoms with Crippen LogP contribution in [0.15, 0.2) is 30.5 Å². The van der Waals surface area contributed by atoms with Crippen molar-refractivity contribution in [3.63, 3.8) is 0 Å². The second kappa shape index (κ2) is 8.48. The van der Waals surface area contributed by atoms with Crippen molar-refractivity contribution in [2.75, 3.05) is 23.7 Å². The minimum atomic E-state index is 0.202. The van der Waals surface area contributed by atoms with E-state index in [-0.39, 0.29) is 5.92 Å². The van der Waals surface area contributed by atoms with E-state index in [1.807, 2.05) is 43.5 Å². The Kier molecular flexibility index (Phi) is 5.32. The fraction of sp³-hybridized carbons (Fsp3) is 0.478. The molecule has 3 aliphatic heterocycles. The summed E-state index contributed by atoms with van der Waals surface area (Å²) in [7, 11) is 0. The number of rotatable bonds is 6. The largest absolute Gasteiger partial charge is 0.367 e. The van der Waals surface area contributed by atoms with Crippen LogP contribution >= 0.6 is 12.1 Å². The van der Waals surface area contributed by atoms with E-state index in [1.54, 1.807) is 0 Å². The van der Waals surface area contributed by atoms with Gasteiger partial charge < -0.3 is 10.6 Å². The highest BCUT2D eigenvalue weighted by Crippen LogP contribution is 2.43. The normalized spacial score (nSPS) is 25.6. The first-order valence-electron chi connectivity index (χ1n) is 11.6. The summed E-state index contributed by atoms with van der Waals surface area (Å²) < 4.78 is 4.93. The van der Waals surface area contributed by atoms with Gasteiger partial charge in [0.25, 0.3) is 0 Å². The van der Waals surface area contributed by atoms with Crippen LogP contribution in [0.4, 0.5) is 17.5 Å². The molecular weight excluding hydrogens is 434 g/mol. The maximum absolute atomic E-state index is 9.05. The van der Waals surface area contributed by atoms with Gasteiger partial charge in [0.05, 0.1) is 17.5 Å². The van der Waals surface area contributed by atoms with Crippen molar-refractivity contribution in [2.24, 2.45) is 5.92 Å². The topological polar surface area (TPSA) is 109 Å². The van der Waals surface area contributed by atoms with Crippen LogP contribution < -0.4 is 10.6 Å². The van der Waals surface area contributed by atoms with Crippen molar-refractivity contribution < 1.29 is 0 Å². The number of piperidine rings is 1. The molecule has 0 radical (unpaired) electrons. The molecule has 0 spiro atoms. The number of nitrogens with zero attached hydrogens (tertiary/aromatic N) is 6. The maximum atomic E-state index is 9.05. The lowest BCUT2D eigenvalue weighted by molar-refractivity contribution is 0.218. The van der Waals surface area contributed by atoms with Gasteiger partial charge in [0.15, 0.2) is 5.82 Å². The average molecular weight is 462 g/mol. The molecule has 2 atom stereocenters. The Balaban J connectivity index is 1.18. The highest BCUT2D eigenvalue weighted by atomic mass is 32.2. The van der Waals surface area contributed by atoms with Crippen LogP contribution in [-0.4, -0.2) is 60.0 Å². The number of anilines is 3. The molecular formula is C23H27N9S. The minimum absolute atomic E-state index is 0.202. The van der Waals surface area contributed by atoms with E-state index in [1.165, 1.54) is 12.8 Å². The number of nitriles is 1. The fourth-order valence-electron chi connectivity index (χ4n) is 5.16. The van der Waals surface area contributed by atoms with Crippen molar-refractivity contribution in [3.05, 3.63) is 36.2 Å². The van der Waals surface area contributed by atoms with Crippen LogP contribution in [0.3, 0.4) is 0 Å². The fourth-order valence-corrected chi connectivity index (χ4v) is 6.57. The SMILES string of the molecule is Cc1cc(Nc2cc3ncccc3c(NC3CC4CCC(C3)N4SN3CC(C#N)C3)n2)n[nH]1. The predicted octanol–water partition coefficient (Wildman–Crippen LogP) is 3.83. The molecule has 10 heteroatoms. The number of H-pyrrole nitrogens is 1. The molecule has 33 heavy (non-hydrogen) atoms. The first kappa shape index (κ1) is 20.7. The molecule has 170 valence electrons. The lowest BCUT2D eigenvalue weighted by atomic mass is 9.99. The van der Waals surface area contributed by atoms with Gasteiger partial charge in [0, 0.05) is 72.8 Å². The molecule has 2 unspecified atom stereocenters. The van der Waals surface area contributed by atoms with Crippen LogP contribution in [-0.2, 0) is 0 Å². The molecule has 0 aliphatic carbocycles. The third kappa shape index (κ3) is 4.12. The van der Waals surface area contributed by atoms with Crippen LogP contribution in [0.5, 0.6) is 0 Å². The summed E-state index contributed by atoms with van der Waals surface area (Å²) in [5, 5.41) is 24.4. The Morgan fingerprint density at radius 2 is 2.00 bits per heavy atom. The van der Waals surface area contributed by atoms with Gasteiger partial charge in [0.1, 0.15) is 11.6 Å². The zero-order valence-electron chi connectivity index (χ0n) is 18.5. The van der Waals surface area contributed by atoms with Crippen molar-refractivity contribution in [1.82, 2.24) is 28.8 Å². The van der Waals surface area contributed by atoms with Gasteiger partial charge in [-0.2, -0.15) is 10.4 Å². The molecule has 6 rings (SSSR count). The molecule has 3 N–H and O–H groups in total. The Morgan fingerprint density at radius 1 is 1.18 bits per heavy atom. The average Bonchev–Trinajstić information content (AvgIpc) is 3.29. The van der Waals surface area contributed by atoms with E-state index in [9.17, 15) is 0 Å². The molecule has 0 amide bonds. The summed E-state index contributed by atoms with van der Waals surface area (Å²) in [6, 6.07) is 11.8. The Hall–Kier alpha value is -2.87. The number of aromatic nitrogens is 4. The van der Waals surface area contributed by atoms with Gasteiger partial charge in [-0.05, 0) is 44.7 Å². The lowest BCUT2D eigenvalue weighted by Crippen LogP contribution is -2.49. The summed E-state index contributed by atoms with van der Waals surface area (Å²) in [6.07, 6.45) is 6.48. The van der Waals surface area contributed by atoms with Gasteiger partial charge in [0.2, 0.25) is 0 Å². The van der Waals surface area contributed by atoms with E-state index < -0.39 is 0 Å². The first-order chi connectivity index (χ1) is 16.1. The second-order valence-electron chi connectivity index (χ2n) is 9.30. The van der Waals surface area contributed by atoms with E-state index in [2.05, 4.69) is 46.6 Å². The van der Waals surface area contributed by atoms with E-state index in [0.29, 0.717) is 18.1 Å². The monoisotopic (exact) mass is 461 g/mol. The lowest BCUT2D eigenvalue weighted by Gasteiger charge is -2.43. The Bertz CT molecular complexity index is 1180. The van der Waals surface area contributed by atoms with Crippen LogP contribution in [0, 0.1) is 24.2 Å². The zero-order valence-corrected chi connectivity index (χ0v) is 19.3. The summed E-state index contributed by atoms with van der Waals surface area (Å²) >= 11 is 1.86. The van der Waals surface area contributed by atoms with Gasteiger partial charge in [-0.15, -0.1) is 0 Å². The van der Waals surface area contributed by atoms with Gasteiger partial charge >= 0.3 is 0 Å². The predicted molar refractivity (Wildman–Crippen MR) is 130 cm³/mol. The third-order valence-corrected chi connectivity index (χ3v) is 8.12. The summed E-state index contributed by atoms with van der Waals surface area (Å²) in [5.74, 6) is 2.55. The van der Waals surface area contributed by atoms with E-state index >= 15 is 0 Å². The second-order valence-corrected chi connectivity index (χ2v) is 10.4. The van der Waals surface area contributed by atoms with Crippen LogP contribution in [0.25, 0.3) is 10.9 Å². The number of hydrogen-bond donors (Lipinski definition) is 3. The molecule has 2 bridgehead atoms. The molecule has 3 saturated heterocycles. The highest BCUT2D eigenvalue weighted by Gasteiger charge is 2.43. The van der Waals surface area contributed by atoms with Gasteiger partial charge in [-0.3, -0.25) is 10.1 Å². The van der Waals surface area contributed by atoms with Crippen molar-refractivity contribution in [3.8, 4) is 6.07 Å². The number of nitrogens with one attached hydrogen (secondary N) is 3. The quantitative estimate of drug-likeness (QED) is 0.472. The highest BCUT2D eigenvalue weighted by molar-refractivity contribution is 7.94. The van der Waals surface area contributed by atoms with Gasteiger partial charge in [-0.1, -0.05) is 0 Å². The Labute approximate surface area is 197 Å². The Morgan fingerprint density at radius 3 is 2.73 bits per heavy atom. The molecule has 3 aliphatic rings. The smallest absolute Gasteiger partial charge is 0.153 e. The number of aromatic amines is 1. The summed E-state index contributed by atoms with van der Waals surface area (Å²) in [5.41, 5.74) is 1.90. The molecule has 0 aromatic carbocycles. The molecule has 6 heterocycles. The van der Waals surface area contributed by atoms with E-state index in [4.69, 9.17) is 10.2 Å². The van der Waals surface area contributed by atoms with Gasteiger partial charge in [-0.25, -0.2) is 13.6 Å². The standard InChI is InChI=1S/C23H27N9S/c1-14-7-22(30-29-14)27-21-10-20-19(3-2-6-25-20)23(28-21)26-16-8-17-4-5-18(9-16)32(17)33-31-12-15(11-24)13-31/h2-3,6-7,10,15-18H,4-5,8-9,12-13H2,1H3,(H3,26,27,28,29,30). The first-order valence-corrected chi connectivity index (χ1v) is 12.3. The third-order valence-electron chi connectivity index (χ3n) is 6.81. The van der Waals surface area contributed by atoms with E-state index in [0.717, 1.165) is 60.0 Å².